The third-order valence-corrected chi connectivity index (χ3v) is 1.91. The van der Waals surface area contributed by atoms with Gasteiger partial charge < -0.3 is 4.90 Å². The summed E-state index contributed by atoms with van der Waals surface area (Å²) in [6.07, 6.45) is 0.846. The largest absolute Gasteiger partial charge is 0.308 e. The van der Waals surface area contributed by atoms with E-state index in [1.807, 2.05) is 32.3 Å². The van der Waals surface area contributed by atoms with Crippen molar-refractivity contribution in [3.63, 3.8) is 0 Å². The maximum Gasteiger partial charge on any atom is 0.0380 e. The van der Waals surface area contributed by atoms with Crippen molar-refractivity contribution in [3.8, 4) is 0 Å². The van der Waals surface area contributed by atoms with E-state index in [0.29, 0.717) is 0 Å². The zero-order chi connectivity index (χ0) is 9.68. The molecule has 0 bridgehead atoms. The molecule has 1 atom stereocenters. The van der Waals surface area contributed by atoms with E-state index in [9.17, 15) is 0 Å². The van der Waals surface area contributed by atoms with Gasteiger partial charge in [0.1, 0.15) is 0 Å². The van der Waals surface area contributed by atoms with E-state index in [1.54, 1.807) is 0 Å². The number of likely N-dealkylation sites (N-methyl/N-ethyl adjacent to an activating group) is 1. The minimum Gasteiger partial charge on any atom is -0.308 e. The van der Waals surface area contributed by atoms with Gasteiger partial charge in [-0.1, -0.05) is 30.3 Å². The highest BCUT2D eigenvalue weighted by atomic mass is 15.1. The van der Waals surface area contributed by atoms with E-state index < -0.39 is 0 Å². The van der Waals surface area contributed by atoms with Crippen molar-refractivity contribution in [2.45, 2.75) is 12.5 Å². The van der Waals surface area contributed by atoms with E-state index in [-0.39, 0.29) is 6.04 Å². The van der Waals surface area contributed by atoms with Gasteiger partial charge in [0.2, 0.25) is 0 Å². The molecule has 2 heteroatoms. The lowest BCUT2D eigenvalue weighted by Crippen LogP contribution is -2.28. The Morgan fingerprint density at radius 1 is 1.23 bits per heavy atom. The number of nitrogens with one attached hydrogen (secondary N) is 1. The predicted octanol–water partition coefficient (Wildman–Crippen LogP) is 1.44. The fourth-order valence-corrected chi connectivity index (χ4v) is 1.40. The standard InChI is InChI=1S/C11H17N2/c1-13(2)9-11(12)8-10-6-4-3-5-7-10/h3-7,11-12H,8-9H2,1-2H3. The molecule has 13 heavy (non-hydrogen) atoms. The molecule has 71 valence electrons. The van der Waals surface area contributed by atoms with Crippen LogP contribution in [0, 0.1) is 0 Å². The molecule has 0 amide bonds. The maximum atomic E-state index is 7.80. The van der Waals surface area contributed by atoms with Crippen LogP contribution in [-0.4, -0.2) is 31.6 Å². The molecule has 0 aromatic heterocycles. The molecule has 1 unspecified atom stereocenters. The van der Waals surface area contributed by atoms with E-state index in [1.165, 1.54) is 5.56 Å². The average Bonchev–Trinajstić information content (AvgIpc) is 2.04. The lowest BCUT2D eigenvalue weighted by Gasteiger charge is -2.15. The van der Waals surface area contributed by atoms with Crippen LogP contribution < -0.4 is 5.73 Å². The minimum absolute atomic E-state index is 0.0163. The highest BCUT2D eigenvalue weighted by Crippen LogP contribution is 2.02. The predicted molar refractivity (Wildman–Crippen MR) is 55.6 cm³/mol. The summed E-state index contributed by atoms with van der Waals surface area (Å²) in [5.41, 5.74) is 9.05. The third-order valence-electron chi connectivity index (χ3n) is 1.91. The van der Waals surface area contributed by atoms with Gasteiger partial charge in [-0.2, -0.15) is 0 Å². The van der Waals surface area contributed by atoms with Crippen molar-refractivity contribution in [1.29, 1.82) is 0 Å². The van der Waals surface area contributed by atoms with E-state index in [0.717, 1.165) is 13.0 Å². The van der Waals surface area contributed by atoms with Crippen LogP contribution in [0.4, 0.5) is 0 Å². The molecule has 0 saturated heterocycles. The number of hydrogen-bond donors (Lipinski definition) is 0. The summed E-state index contributed by atoms with van der Waals surface area (Å²) in [5.74, 6) is 0. The number of hydrogen-bond acceptors (Lipinski definition) is 1. The van der Waals surface area contributed by atoms with E-state index >= 15 is 0 Å². The fourth-order valence-electron chi connectivity index (χ4n) is 1.40. The molecule has 0 aliphatic heterocycles. The van der Waals surface area contributed by atoms with Gasteiger partial charge in [-0.05, 0) is 26.1 Å². The number of benzene rings is 1. The van der Waals surface area contributed by atoms with Crippen LogP contribution in [0.5, 0.6) is 0 Å². The SMILES string of the molecule is CN(C)CC([NH])Cc1ccccc1. The monoisotopic (exact) mass is 177 g/mol. The van der Waals surface area contributed by atoms with Crippen molar-refractivity contribution >= 4 is 0 Å². The van der Waals surface area contributed by atoms with Gasteiger partial charge in [0.05, 0.1) is 0 Å². The Kier molecular flexibility index (Phi) is 3.93. The molecular formula is C11H17N2. The van der Waals surface area contributed by atoms with Crippen LogP contribution >= 0.6 is 0 Å². The summed E-state index contributed by atoms with van der Waals surface area (Å²) in [5, 5.41) is 0. The molecule has 1 aromatic carbocycles. The van der Waals surface area contributed by atoms with Gasteiger partial charge in [-0.3, -0.25) is 5.73 Å². The smallest absolute Gasteiger partial charge is 0.0380 e. The lowest BCUT2D eigenvalue weighted by molar-refractivity contribution is 0.367. The van der Waals surface area contributed by atoms with Crippen molar-refractivity contribution in [1.82, 2.24) is 10.6 Å². The van der Waals surface area contributed by atoms with Gasteiger partial charge in [0, 0.05) is 12.6 Å². The first-order valence-electron chi connectivity index (χ1n) is 4.58. The Morgan fingerprint density at radius 3 is 2.38 bits per heavy atom. The molecule has 1 aromatic rings. The van der Waals surface area contributed by atoms with Crippen molar-refractivity contribution in [2.75, 3.05) is 20.6 Å². The number of rotatable bonds is 4. The molecule has 0 heterocycles. The first-order chi connectivity index (χ1) is 6.18. The van der Waals surface area contributed by atoms with E-state index in [2.05, 4.69) is 17.0 Å². The van der Waals surface area contributed by atoms with Crippen LogP contribution in [0.2, 0.25) is 0 Å². The first-order valence-corrected chi connectivity index (χ1v) is 4.58. The van der Waals surface area contributed by atoms with Crippen LogP contribution in [0.3, 0.4) is 0 Å². The molecule has 1 radical (unpaired) electrons. The zero-order valence-corrected chi connectivity index (χ0v) is 8.33. The Hall–Kier alpha value is -0.860. The van der Waals surface area contributed by atoms with Gasteiger partial charge in [-0.25, -0.2) is 0 Å². The first kappa shape index (κ1) is 10.2. The molecule has 0 spiro atoms. The molecule has 0 saturated carbocycles. The summed E-state index contributed by atoms with van der Waals surface area (Å²) in [4.78, 5) is 2.06. The number of nitrogens with zero attached hydrogens (tertiary/aromatic N) is 1. The summed E-state index contributed by atoms with van der Waals surface area (Å²) in [6, 6.07) is 10.2. The highest BCUT2D eigenvalue weighted by Gasteiger charge is 2.05. The molecular weight excluding hydrogens is 160 g/mol. The van der Waals surface area contributed by atoms with Gasteiger partial charge in [0.25, 0.3) is 0 Å². The quantitative estimate of drug-likeness (QED) is 0.683. The Labute approximate surface area is 80.4 Å². The minimum atomic E-state index is -0.0163. The van der Waals surface area contributed by atoms with Crippen LogP contribution in [-0.2, 0) is 6.42 Å². The van der Waals surface area contributed by atoms with E-state index in [4.69, 9.17) is 5.73 Å². The van der Waals surface area contributed by atoms with Gasteiger partial charge in [-0.15, -0.1) is 0 Å². The highest BCUT2D eigenvalue weighted by molar-refractivity contribution is 5.15. The van der Waals surface area contributed by atoms with Crippen LogP contribution in [0.1, 0.15) is 5.56 Å². The third kappa shape index (κ3) is 4.06. The van der Waals surface area contributed by atoms with Crippen molar-refractivity contribution in [3.05, 3.63) is 35.9 Å². The topological polar surface area (TPSA) is 27.0 Å². The van der Waals surface area contributed by atoms with Gasteiger partial charge >= 0.3 is 0 Å². The Balaban J connectivity index is 2.41. The van der Waals surface area contributed by atoms with Crippen LogP contribution in [0.25, 0.3) is 0 Å². The summed E-state index contributed by atoms with van der Waals surface area (Å²) in [6.45, 7) is 0.828. The zero-order valence-electron chi connectivity index (χ0n) is 8.33. The van der Waals surface area contributed by atoms with Crippen molar-refractivity contribution < 1.29 is 0 Å². The second-order valence-corrected chi connectivity index (χ2v) is 3.65. The Morgan fingerprint density at radius 2 is 1.85 bits per heavy atom. The normalized spacial score (nSPS) is 13.2. The lowest BCUT2D eigenvalue weighted by atomic mass is 10.1. The molecule has 1 rings (SSSR count). The average molecular weight is 177 g/mol. The second kappa shape index (κ2) is 5.00. The van der Waals surface area contributed by atoms with Gasteiger partial charge in [0.15, 0.2) is 0 Å². The summed E-state index contributed by atoms with van der Waals surface area (Å²) < 4.78 is 0. The molecule has 1 N–H and O–H groups in total. The second-order valence-electron chi connectivity index (χ2n) is 3.65. The Bertz CT molecular complexity index is 231. The summed E-state index contributed by atoms with van der Waals surface area (Å²) >= 11 is 0. The summed E-state index contributed by atoms with van der Waals surface area (Å²) in [7, 11) is 4.01. The molecule has 0 fully saturated rings. The van der Waals surface area contributed by atoms with Crippen molar-refractivity contribution in [2.24, 2.45) is 0 Å². The van der Waals surface area contributed by atoms with Crippen LogP contribution in [0.15, 0.2) is 30.3 Å². The molecule has 0 aliphatic rings. The fraction of sp³-hybridized carbons (Fsp3) is 0.455. The molecule has 2 nitrogen and oxygen atoms in total. The molecule has 0 aliphatic carbocycles. The maximum absolute atomic E-state index is 7.80.